The van der Waals surface area contributed by atoms with Crippen LogP contribution >= 0.6 is 0 Å². The Morgan fingerprint density at radius 2 is 2.05 bits per heavy atom. The largest absolute Gasteiger partial charge is 0.497 e. The van der Waals surface area contributed by atoms with Gasteiger partial charge in [-0.2, -0.15) is 0 Å². The van der Waals surface area contributed by atoms with Crippen molar-refractivity contribution in [2.24, 2.45) is 0 Å². The van der Waals surface area contributed by atoms with Crippen molar-refractivity contribution in [3.05, 3.63) is 59.2 Å². The van der Waals surface area contributed by atoms with E-state index in [4.69, 9.17) is 9.47 Å². The van der Waals surface area contributed by atoms with Crippen LogP contribution in [0.1, 0.15) is 35.6 Å². The number of aryl methyl sites for hydroxylation is 1. The van der Waals surface area contributed by atoms with Gasteiger partial charge in [0.2, 0.25) is 0 Å². The van der Waals surface area contributed by atoms with E-state index in [1.165, 1.54) is 5.56 Å². The van der Waals surface area contributed by atoms with E-state index >= 15 is 0 Å². The average molecular weight is 284 g/mol. The van der Waals surface area contributed by atoms with Gasteiger partial charge in [0.15, 0.2) is 0 Å². The molecule has 0 unspecified atom stereocenters. The maximum Gasteiger partial charge on any atom is 0.120 e. The Balaban J connectivity index is 1.72. The Labute approximate surface area is 125 Å². The zero-order chi connectivity index (χ0) is 14.7. The predicted molar refractivity (Wildman–Crippen MR) is 81.7 cm³/mol. The van der Waals surface area contributed by atoms with E-state index < -0.39 is 0 Å². The van der Waals surface area contributed by atoms with Crippen LogP contribution in [0.15, 0.2) is 42.5 Å². The lowest BCUT2D eigenvalue weighted by atomic mass is 9.89. The van der Waals surface area contributed by atoms with Gasteiger partial charge in [0, 0.05) is 0 Å². The Kier molecular flexibility index (Phi) is 4.11. The molecule has 3 rings (SSSR count). The van der Waals surface area contributed by atoms with Crippen LogP contribution in [0.3, 0.4) is 0 Å². The molecule has 0 saturated heterocycles. The second-order valence-corrected chi connectivity index (χ2v) is 5.41. The number of fused-ring (bicyclic) bond motifs is 1. The molecular weight excluding hydrogens is 264 g/mol. The number of methoxy groups -OCH3 is 1. The van der Waals surface area contributed by atoms with Crippen molar-refractivity contribution >= 4 is 0 Å². The summed E-state index contributed by atoms with van der Waals surface area (Å²) in [6, 6.07) is 13.9. The van der Waals surface area contributed by atoms with E-state index in [0.717, 1.165) is 41.9 Å². The molecule has 0 saturated carbocycles. The molecule has 1 N–H and O–H groups in total. The van der Waals surface area contributed by atoms with Gasteiger partial charge < -0.3 is 14.6 Å². The SMILES string of the molecule is COc1cccc(COc2ccc3c(c2)[C@H](O)CCC3)c1. The van der Waals surface area contributed by atoms with Crippen LogP contribution in [0.25, 0.3) is 0 Å². The van der Waals surface area contributed by atoms with Crippen molar-refractivity contribution < 1.29 is 14.6 Å². The second-order valence-electron chi connectivity index (χ2n) is 5.41. The van der Waals surface area contributed by atoms with Crippen LogP contribution in [0, 0.1) is 0 Å². The first-order chi connectivity index (χ1) is 10.3. The van der Waals surface area contributed by atoms with Gasteiger partial charge in [0.25, 0.3) is 0 Å². The molecule has 0 spiro atoms. The van der Waals surface area contributed by atoms with Crippen molar-refractivity contribution in [2.45, 2.75) is 32.0 Å². The van der Waals surface area contributed by atoms with Gasteiger partial charge in [-0.1, -0.05) is 18.2 Å². The summed E-state index contributed by atoms with van der Waals surface area (Å²) in [6.45, 7) is 0.492. The van der Waals surface area contributed by atoms with Gasteiger partial charge in [-0.25, -0.2) is 0 Å². The summed E-state index contributed by atoms with van der Waals surface area (Å²) in [4.78, 5) is 0. The molecule has 1 atom stereocenters. The first-order valence-corrected chi connectivity index (χ1v) is 7.33. The summed E-state index contributed by atoms with van der Waals surface area (Å²) >= 11 is 0. The molecule has 0 bridgehead atoms. The first kappa shape index (κ1) is 14.0. The van der Waals surface area contributed by atoms with E-state index in [1.807, 2.05) is 36.4 Å². The van der Waals surface area contributed by atoms with Gasteiger partial charge in [0.1, 0.15) is 18.1 Å². The second kappa shape index (κ2) is 6.19. The number of hydrogen-bond acceptors (Lipinski definition) is 3. The molecular formula is C18H20O3. The fourth-order valence-corrected chi connectivity index (χ4v) is 2.77. The monoisotopic (exact) mass is 284 g/mol. The van der Waals surface area contributed by atoms with Gasteiger partial charge >= 0.3 is 0 Å². The van der Waals surface area contributed by atoms with Gasteiger partial charge in [-0.3, -0.25) is 0 Å². The zero-order valence-electron chi connectivity index (χ0n) is 12.2. The molecule has 3 nitrogen and oxygen atoms in total. The number of aliphatic hydroxyl groups excluding tert-OH is 1. The smallest absolute Gasteiger partial charge is 0.120 e. The molecule has 0 heterocycles. The molecule has 0 fully saturated rings. The number of rotatable bonds is 4. The Morgan fingerprint density at radius 3 is 2.90 bits per heavy atom. The maximum atomic E-state index is 10.1. The Bertz CT molecular complexity index is 622. The van der Waals surface area contributed by atoms with Crippen LogP contribution in [0.4, 0.5) is 0 Å². The minimum atomic E-state index is -0.353. The summed E-state index contributed by atoms with van der Waals surface area (Å²) in [6.07, 6.45) is 2.58. The van der Waals surface area contributed by atoms with E-state index in [1.54, 1.807) is 7.11 Å². The van der Waals surface area contributed by atoms with E-state index in [-0.39, 0.29) is 6.10 Å². The highest BCUT2D eigenvalue weighted by atomic mass is 16.5. The lowest BCUT2D eigenvalue weighted by molar-refractivity contribution is 0.156. The maximum absolute atomic E-state index is 10.1. The van der Waals surface area contributed by atoms with Crippen molar-refractivity contribution in [3.8, 4) is 11.5 Å². The Hall–Kier alpha value is -2.00. The lowest BCUT2D eigenvalue weighted by Crippen LogP contribution is -2.09. The van der Waals surface area contributed by atoms with Gasteiger partial charge in [-0.05, 0) is 60.2 Å². The van der Waals surface area contributed by atoms with Crippen LogP contribution in [0.2, 0.25) is 0 Å². The minimum Gasteiger partial charge on any atom is -0.497 e. The van der Waals surface area contributed by atoms with Crippen molar-refractivity contribution in [1.82, 2.24) is 0 Å². The molecule has 1 aliphatic carbocycles. The summed E-state index contributed by atoms with van der Waals surface area (Å²) in [5, 5.41) is 10.1. The van der Waals surface area contributed by atoms with Gasteiger partial charge in [0.05, 0.1) is 13.2 Å². The highest BCUT2D eigenvalue weighted by Crippen LogP contribution is 2.32. The number of benzene rings is 2. The summed E-state index contributed by atoms with van der Waals surface area (Å²) < 4.78 is 11.0. The highest BCUT2D eigenvalue weighted by Gasteiger charge is 2.18. The Morgan fingerprint density at radius 1 is 1.14 bits per heavy atom. The fraction of sp³-hybridized carbons (Fsp3) is 0.333. The van der Waals surface area contributed by atoms with Crippen molar-refractivity contribution in [2.75, 3.05) is 7.11 Å². The van der Waals surface area contributed by atoms with Crippen LogP contribution in [0.5, 0.6) is 11.5 Å². The van der Waals surface area contributed by atoms with Gasteiger partial charge in [-0.15, -0.1) is 0 Å². The first-order valence-electron chi connectivity index (χ1n) is 7.33. The molecule has 0 aromatic heterocycles. The third-order valence-corrected chi connectivity index (χ3v) is 3.94. The molecule has 21 heavy (non-hydrogen) atoms. The minimum absolute atomic E-state index is 0.353. The summed E-state index contributed by atoms with van der Waals surface area (Å²) in [5.74, 6) is 1.63. The van der Waals surface area contributed by atoms with E-state index in [0.29, 0.717) is 6.61 Å². The topological polar surface area (TPSA) is 38.7 Å². The zero-order valence-corrected chi connectivity index (χ0v) is 12.2. The normalized spacial score (nSPS) is 17.1. The molecule has 1 aliphatic rings. The van der Waals surface area contributed by atoms with E-state index in [2.05, 4.69) is 6.07 Å². The van der Waals surface area contributed by atoms with Crippen molar-refractivity contribution in [3.63, 3.8) is 0 Å². The molecule has 3 heteroatoms. The molecule has 110 valence electrons. The standard InChI is InChI=1S/C18H20O3/c1-20-15-6-2-4-13(10-15)12-21-16-9-8-14-5-3-7-18(19)17(14)11-16/h2,4,6,8-11,18-19H,3,5,7,12H2,1H3/t18-/m1/s1. The predicted octanol–water partition coefficient (Wildman–Crippen LogP) is 3.64. The molecule has 0 aliphatic heterocycles. The van der Waals surface area contributed by atoms with Crippen LogP contribution < -0.4 is 9.47 Å². The summed E-state index contributed by atoms with van der Waals surface area (Å²) in [7, 11) is 1.66. The molecule has 2 aromatic carbocycles. The third-order valence-electron chi connectivity index (χ3n) is 3.94. The highest BCUT2D eigenvalue weighted by molar-refractivity contribution is 5.38. The van der Waals surface area contributed by atoms with E-state index in [9.17, 15) is 5.11 Å². The molecule has 0 radical (unpaired) electrons. The molecule has 2 aromatic rings. The third kappa shape index (κ3) is 3.19. The van der Waals surface area contributed by atoms with Crippen LogP contribution in [-0.2, 0) is 13.0 Å². The number of hydrogen-bond donors (Lipinski definition) is 1. The molecule has 0 amide bonds. The lowest BCUT2D eigenvalue weighted by Gasteiger charge is -2.22. The fourth-order valence-electron chi connectivity index (χ4n) is 2.77. The van der Waals surface area contributed by atoms with Crippen LogP contribution in [-0.4, -0.2) is 12.2 Å². The number of aliphatic hydroxyl groups is 1. The average Bonchev–Trinajstić information content (AvgIpc) is 2.54. The quantitative estimate of drug-likeness (QED) is 0.931. The number of ether oxygens (including phenoxy) is 2. The summed E-state index contributed by atoms with van der Waals surface area (Å²) in [5.41, 5.74) is 3.32. The van der Waals surface area contributed by atoms with Crippen molar-refractivity contribution in [1.29, 1.82) is 0 Å².